The molecule has 1 atom stereocenters. The van der Waals surface area contributed by atoms with E-state index in [1.54, 1.807) is 24.4 Å². The number of amides is 1. The van der Waals surface area contributed by atoms with E-state index in [2.05, 4.69) is 10.2 Å². The lowest BCUT2D eigenvalue weighted by molar-refractivity contribution is -0.133. The number of benzene rings is 1. The van der Waals surface area contributed by atoms with Gasteiger partial charge in [-0.05, 0) is 36.6 Å². The van der Waals surface area contributed by atoms with Gasteiger partial charge in [-0.25, -0.2) is 0 Å². The Hall–Kier alpha value is -2.67. The predicted molar refractivity (Wildman–Crippen MR) is 106 cm³/mol. The third-order valence-corrected chi connectivity index (χ3v) is 5.58. The summed E-state index contributed by atoms with van der Waals surface area (Å²) in [4.78, 5) is 15.5. The van der Waals surface area contributed by atoms with Gasteiger partial charge in [0.1, 0.15) is 16.4 Å². The zero-order valence-electron chi connectivity index (χ0n) is 15.0. The van der Waals surface area contributed by atoms with Crippen LogP contribution in [0.3, 0.4) is 0 Å². The molecule has 2 N–H and O–H groups in total. The van der Waals surface area contributed by atoms with E-state index in [1.807, 2.05) is 27.8 Å². The Balaban J connectivity index is 1.83. The van der Waals surface area contributed by atoms with Crippen LogP contribution < -0.4 is 0 Å². The maximum absolute atomic E-state index is 13.5. The Labute approximate surface area is 162 Å². The van der Waals surface area contributed by atoms with Gasteiger partial charge in [0.15, 0.2) is 0 Å². The summed E-state index contributed by atoms with van der Waals surface area (Å²) in [6.07, 6.45) is 7.86. The van der Waals surface area contributed by atoms with Gasteiger partial charge in [0.05, 0.1) is 17.1 Å². The van der Waals surface area contributed by atoms with Crippen molar-refractivity contribution in [2.45, 2.75) is 31.7 Å². The van der Waals surface area contributed by atoms with E-state index in [0.29, 0.717) is 4.64 Å². The number of aromatic hydroxyl groups is 1. The largest absolute Gasteiger partial charge is 0.508 e. The Morgan fingerprint density at radius 2 is 1.96 bits per heavy atom. The number of rotatable bonds is 3. The van der Waals surface area contributed by atoms with Crippen LogP contribution in [0.1, 0.15) is 37.3 Å². The zero-order valence-corrected chi connectivity index (χ0v) is 15.8. The smallest absolute Gasteiger partial charge is 0.250 e. The average molecular weight is 382 g/mol. The number of nitrogens with zero attached hydrogens (tertiary/aromatic N) is 3. The van der Waals surface area contributed by atoms with Crippen molar-refractivity contribution >= 4 is 29.0 Å². The van der Waals surface area contributed by atoms with E-state index in [-0.39, 0.29) is 11.7 Å². The van der Waals surface area contributed by atoms with Crippen molar-refractivity contribution in [3.63, 3.8) is 0 Å². The van der Waals surface area contributed by atoms with Gasteiger partial charge in [-0.1, -0.05) is 37.2 Å². The Morgan fingerprint density at radius 3 is 2.70 bits per heavy atom. The minimum Gasteiger partial charge on any atom is -0.508 e. The summed E-state index contributed by atoms with van der Waals surface area (Å²) in [5, 5.41) is 17.8. The molecule has 7 heteroatoms. The highest BCUT2D eigenvalue weighted by Crippen LogP contribution is 2.27. The van der Waals surface area contributed by atoms with Gasteiger partial charge in [-0.2, -0.15) is 5.10 Å². The molecule has 0 saturated carbocycles. The number of fused-ring (bicyclic) bond motifs is 1. The minimum absolute atomic E-state index is 0.0152. The number of H-pyrrole nitrogens is 1. The maximum atomic E-state index is 13.5. The molecule has 140 valence electrons. The summed E-state index contributed by atoms with van der Waals surface area (Å²) in [5.74, 6) is 0.151. The van der Waals surface area contributed by atoms with Gasteiger partial charge in [-0.3, -0.25) is 9.89 Å². The van der Waals surface area contributed by atoms with Crippen molar-refractivity contribution in [1.82, 2.24) is 19.7 Å². The van der Waals surface area contributed by atoms with Gasteiger partial charge in [0.2, 0.25) is 5.91 Å². The van der Waals surface area contributed by atoms with Crippen LogP contribution in [0, 0.1) is 4.64 Å². The molecule has 0 bridgehead atoms. The molecule has 1 aromatic carbocycles. The SMILES string of the molecule is O=C(C(c1cccc(O)c1)n1ccc2[nH]ncc2c1=S)N1CCCCCC1. The van der Waals surface area contributed by atoms with E-state index < -0.39 is 6.04 Å². The highest BCUT2D eigenvalue weighted by atomic mass is 32.1. The maximum Gasteiger partial charge on any atom is 0.250 e. The number of aromatic nitrogens is 3. The monoisotopic (exact) mass is 382 g/mol. The average Bonchev–Trinajstić information content (AvgIpc) is 2.98. The van der Waals surface area contributed by atoms with Crippen LogP contribution in [0.5, 0.6) is 5.75 Å². The van der Waals surface area contributed by atoms with Crippen LogP contribution in [0.25, 0.3) is 10.9 Å². The van der Waals surface area contributed by atoms with Crippen molar-refractivity contribution < 1.29 is 9.90 Å². The molecular formula is C20H22N4O2S. The molecule has 1 aliphatic rings. The summed E-state index contributed by atoms with van der Waals surface area (Å²) in [5.41, 5.74) is 1.57. The number of carbonyl (C=O) groups is 1. The van der Waals surface area contributed by atoms with Crippen LogP contribution in [-0.2, 0) is 4.79 Å². The fourth-order valence-electron chi connectivity index (χ4n) is 3.74. The summed E-state index contributed by atoms with van der Waals surface area (Å²) < 4.78 is 2.37. The Bertz CT molecular complexity index is 1020. The lowest BCUT2D eigenvalue weighted by atomic mass is 10.0. The number of likely N-dealkylation sites (tertiary alicyclic amines) is 1. The van der Waals surface area contributed by atoms with Gasteiger partial charge in [0.25, 0.3) is 0 Å². The molecule has 27 heavy (non-hydrogen) atoms. The standard InChI is InChI=1S/C20H22N4O2S/c25-15-7-5-6-14(12-15)18(19(26)23-9-3-1-2-4-10-23)24-11-8-17-16(20(24)27)13-21-22-17/h5-8,11-13,18,25H,1-4,9-10H2,(H,21,22). The van der Waals surface area contributed by atoms with Crippen LogP contribution in [0.15, 0.2) is 42.7 Å². The molecule has 2 aromatic heterocycles. The minimum atomic E-state index is -0.609. The molecule has 1 unspecified atom stereocenters. The van der Waals surface area contributed by atoms with Crippen molar-refractivity contribution in [2.75, 3.05) is 13.1 Å². The molecule has 3 heterocycles. The van der Waals surface area contributed by atoms with Crippen LogP contribution in [0.2, 0.25) is 0 Å². The van der Waals surface area contributed by atoms with E-state index >= 15 is 0 Å². The lowest BCUT2D eigenvalue weighted by Crippen LogP contribution is -2.38. The highest BCUT2D eigenvalue weighted by Gasteiger charge is 2.28. The fraction of sp³-hybridized carbons (Fsp3) is 0.350. The highest BCUT2D eigenvalue weighted by molar-refractivity contribution is 7.71. The molecule has 3 aromatic rings. The van der Waals surface area contributed by atoms with Gasteiger partial charge < -0.3 is 14.6 Å². The predicted octanol–water partition coefficient (Wildman–Crippen LogP) is 3.79. The van der Waals surface area contributed by atoms with E-state index in [0.717, 1.165) is 55.2 Å². The molecule has 0 radical (unpaired) electrons. The van der Waals surface area contributed by atoms with Crippen LogP contribution >= 0.6 is 12.2 Å². The van der Waals surface area contributed by atoms with E-state index in [1.165, 1.54) is 0 Å². The summed E-state index contributed by atoms with van der Waals surface area (Å²) in [7, 11) is 0. The van der Waals surface area contributed by atoms with E-state index in [4.69, 9.17) is 12.2 Å². The van der Waals surface area contributed by atoms with Crippen molar-refractivity contribution in [1.29, 1.82) is 0 Å². The van der Waals surface area contributed by atoms with Crippen molar-refractivity contribution in [3.8, 4) is 5.75 Å². The second kappa shape index (κ2) is 7.52. The first kappa shape index (κ1) is 17.7. The van der Waals surface area contributed by atoms with Crippen molar-refractivity contribution in [3.05, 3.63) is 52.9 Å². The van der Waals surface area contributed by atoms with Gasteiger partial charge in [-0.15, -0.1) is 0 Å². The van der Waals surface area contributed by atoms with E-state index in [9.17, 15) is 9.90 Å². The number of hydrogen-bond donors (Lipinski definition) is 2. The lowest BCUT2D eigenvalue weighted by Gasteiger charge is -2.28. The number of phenolic OH excluding ortho intramolecular Hbond substituents is 1. The third kappa shape index (κ3) is 3.47. The zero-order chi connectivity index (χ0) is 18.8. The first-order valence-electron chi connectivity index (χ1n) is 9.27. The van der Waals surface area contributed by atoms with Gasteiger partial charge in [0, 0.05) is 19.3 Å². The Kier molecular flexibility index (Phi) is 4.94. The molecule has 6 nitrogen and oxygen atoms in total. The molecule has 4 rings (SSSR count). The number of phenols is 1. The molecule has 0 spiro atoms. The molecular weight excluding hydrogens is 360 g/mol. The second-order valence-electron chi connectivity index (χ2n) is 6.96. The normalized spacial score (nSPS) is 16.2. The summed E-state index contributed by atoms with van der Waals surface area (Å²) >= 11 is 5.67. The molecule has 1 saturated heterocycles. The molecule has 1 aliphatic heterocycles. The third-order valence-electron chi connectivity index (χ3n) is 5.15. The topological polar surface area (TPSA) is 74.1 Å². The molecule has 1 amide bonds. The summed E-state index contributed by atoms with van der Waals surface area (Å²) in [6.45, 7) is 1.52. The quantitative estimate of drug-likeness (QED) is 0.676. The number of pyridine rings is 1. The molecule has 0 aliphatic carbocycles. The Morgan fingerprint density at radius 1 is 1.19 bits per heavy atom. The van der Waals surface area contributed by atoms with Crippen molar-refractivity contribution in [2.24, 2.45) is 0 Å². The number of hydrogen-bond acceptors (Lipinski definition) is 4. The molecule has 1 fully saturated rings. The fourth-order valence-corrected chi connectivity index (χ4v) is 4.07. The first-order valence-corrected chi connectivity index (χ1v) is 9.68. The number of carbonyl (C=O) groups excluding carboxylic acids is 1. The number of nitrogens with one attached hydrogen (secondary N) is 1. The second-order valence-corrected chi connectivity index (χ2v) is 7.35. The van der Waals surface area contributed by atoms with Gasteiger partial charge >= 0.3 is 0 Å². The van der Waals surface area contributed by atoms with Crippen LogP contribution in [0.4, 0.5) is 0 Å². The number of aromatic amines is 1. The first-order chi connectivity index (χ1) is 13.1. The van der Waals surface area contributed by atoms with Crippen LogP contribution in [-0.4, -0.2) is 43.8 Å². The summed E-state index contributed by atoms with van der Waals surface area (Å²) in [6, 6.07) is 8.14.